The molecule has 1 rings (SSSR count). The fraction of sp³-hybridized carbons (Fsp3) is 0.400. The molecule has 0 aliphatic heterocycles. The van der Waals surface area contributed by atoms with Crippen molar-refractivity contribution in [2.24, 2.45) is 0 Å². The van der Waals surface area contributed by atoms with E-state index in [1.807, 2.05) is 6.92 Å². The molecule has 4 nitrogen and oxygen atoms in total. The standard InChI is InChI=1S/C10H13ClN2O2/c1-3-4-12-9-6-7(10(14)15-2)5-8(11)13-9/h5-6H,3-4H2,1-2H3,(H,12,13). The van der Waals surface area contributed by atoms with Gasteiger partial charge >= 0.3 is 5.97 Å². The van der Waals surface area contributed by atoms with Crippen LogP contribution in [0.25, 0.3) is 0 Å². The lowest BCUT2D eigenvalue weighted by molar-refractivity contribution is 0.0600. The predicted octanol–water partition coefficient (Wildman–Crippen LogP) is 2.34. The van der Waals surface area contributed by atoms with Crippen LogP contribution >= 0.6 is 11.6 Å². The maximum absolute atomic E-state index is 11.3. The Labute approximate surface area is 93.6 Å². The average Bonchev–Trinajstić information content (AvgIpc) is 2.24. The predicted molar refractivity (Wildman–Crippen MR) is 59.4 cm³/mol. The van der Waals surface area contributed by atoms with Gasteiger partial charge in [-0.3, -0.25) is 0 Å². The molecule has 0 saturated heterocycles. The van der Waals surface area contributed by atoms with Gasteiger partial charge in [0.2, 0.25) is 0 Å². The van der Waals surface area contributed by atoms with Crippen LogP contribution in [0.3, 0.4) is 0 Å². The summed E-state index contributed by atoms with van der Waals surface area (Å²) in [5.74, 6) is 0.170. The van der Waals surface area contributed by atoms with Crippen LogP contribution in [0.4, 0.5) is 5.82 Å². The normalized spacial score (nSPS) is 9.80. The molecule has 0 fully saturated rings. The SMILES string of the molecule is CCCNc1cc(C(=O)OC)cc(Cl)n1. The molecule has 82 valence electrons. The number of hydrogen-bond acceptors (Lipinski definition) is 4. The summed E-state index contributed by atoms with van der Waals surface area (Å²) in [5.41, 5.74) is 0.399. The van der Waals surface area contributed by atoms with E-state index in [-0.39, 0.29) is 5.15 Å². The van der Waals surface area contributed by atoms with E-state index in [2.05, 4.69) is 15.0 Å². The molecule has 0 aliphatic rings. The van der Waals surface area contributed by atoms with Gasteiger partial charge in [-0.25, -0.2) is 9.78 Å². The molecular weight excluding hydrogens is 216 g/mol. The lowest BCUT2D eigenvalue weighted by Crippen LogP contribution is -2.06. The van der Waals surface area contributed by atoms with Crippen LogP contribution in [0.5, 0.6) is 0 Å². The van der Waals surface area contributed by atoms with Crippen molar-refractivity contribution in [2.75, 3.05) is 19.0 Å². The fourth-order valence-electron chi connectivity index (χ4n) is 1.08. The number of aromatic nitrogens is 1. The van der Waals surface area contributed by atoms with Crippen LogP contribution in [0.2, 0.25) is 5.15 Å². The van der Waals surface area contributed by atoms with Crippen molar-refractivity contribution in [2.45, 2.75) is 13.3 Å². The summed E-state index contributed by atoms with van der Waals surface area (Å²) in [7, 11) is 1.33. The van der Waals surface area contributed by atoms with Gasteiger partial charge in [0.15, 0.2) is 0 Å². The Hall–Kier alpha value is -1.29. The molecule has 0 aliphatic carbocycles. The number of halogens is 1. The Kier molecular flexibility index (Phi) is 4.37. The van der Waals surface area contributed by atoms with Crippen molar-refractivity contribution in [3.8, 4) is 0 Å². The zero-order chi connectivity index (χ0) is 11.3. The van der Waals surface area contributed by atoms with Crippen LogP contribution in [0.15, 0.2) is 12.1 Å². The Bertz CT molecular complexity index is 355. The van der Waals surface area contributed by atoms with Gasteiger partial charge in [0, 0.05) is 6.54 Å². The summed E-state index contributed by atoms with van der Waals surface area (Å²) >= 11 is 5.77. The summed E-state index contributed by atoms with van der Waals surface area (Å²) in [5, 5.41) is 3.33. The number of ether oxygens (including phenoxy) is 1. The first kappa shape index (κ1) is 11.8. The first-order chi connectivity index (χ1) is 7.17. The van der Waals surface area contributed by atoms with E-state index in [1.54, 1.807) is 6.07 Å². The molecule has 1 heterocycles. The molecular formula is C10H13ClN2O2. The molecule has 0 saturated carbocycles. The zero-order valence-corrected chi connectivity index (χ0v) is 9.47. The Morgan fingerprint density at radius 2 is 2.33 bits per heavy atom. The van der Waals surface area contributed by atoms with Crippen LogP contribution in [0, 0.1) is 0 Å². The number of carbonyl (C=O) groups excluding carboxylic acids is 1. The van der Waals surface area contributed by atoms with Crippen molar-refractivity contribution in [3.05, 3.63) is 22.8 Å². The third-order valence-electron chi connectivity index (χ3n) is 1.77. The van der Waals surface area contributed by atoms with Crippen molar-refractivity contribution >= 4 is 23.4 Å². The minimum atomic E-state index is -0.418. The monoisotopic (exact) mass is 228 g/mol. The molecule has 1 N–H and O–H groups in total. The van der Waals surface area contributed by atoms with E-state index in [1.165, 1.54) is 13.2 Å². The number of esters is 1. The van der Waals surface area contributed by atoms with Gasteiger partial charge < -0.3 is 10.1 Å². The van der Waals surface area contributed by atoms with E-state index in [0.717, 1.165) is 13.0 Å². The highest BCUT2D eigenvalue weighted by molar-refractivity contribution is 6.29. The molecule has 0 spiro atoms. The quantitative estimate of drug-likeness (QED) is 0.635. The highest BCUT2D eigenvalue weighted by Gasteiger charge is 2.08. The first-order valence-electron chi connectivity index (χ1n) is 4.67. The van der Waals surface area contributed by atoms with Gasteiger partial charge in [0.05, 0.1) is 12.7 Å². The van der Waals surface area contributed by atoms with Crippen molar-refractivity contribution in [3.63, 3.8) is 0 Å². The van der Waals surface area contributed by atoms with Gasteiger partial charge in [-0.1, -0.05) is 18.5 Å². The number of hydrogen-bond donors (Lipinski definition) is 1. The highest BCUT2D eigenvalue weighted by Crippen LogP contribution is 2.15. The third kappa shape index (κ3) is 3.40. The molecule has 1 aromatic heterocycles. The van der Waals surface area contributed by atoms with Crippen LogP contribution < -0.4 is 5.32 Å². The van der Waals surface area contributed by atoms with Gasteiger partial charge in [0.1, 0.15) is 11.0 Å². The topological polar surface area (TPSA) is 51.2 Å². The van der Waals surface area contributed by atoms with Crippen LogP contribution in [-0.2, 0) is 4.74 Å². The second-order valence-corrected chi connectivity index (χ2v) is 3.37. The van der Waals surface area contributed by atoms with E-state index in [4.69, 9.17) is 11.6 Å². The second kappa shape index (κ2) is 5.56. The molecule has 0 unspecified atom stereocenters. The number of rotatable bonds is 4. The summed E-state index contributed by atoms with van der Waals surface area (Å²) in [6, 6.07) is 3.10. The summed E-state index contributed by atoms with van der Waals surface area (Å²) in [6.07, 6.45) is 0.974. The average molecular weight is 229 g/mol. The molecule has 0 aromatic carbocycles. The maximum atomic E-state index is 11.3. The highest BCUT2D eigenvalue weighted by atomic mass is 35.5. The number of methoxy groups -OCH3 is 1. The number of anilines is 1. The van der Waals surface area contributed by atoms with Gasteiger partial charge in [0.25, 0.3) is 0 Å². The largest absolute Gasteiger partial charge is 0.465 e. The molecule has 0 atom stereocenters. The van der Waals surface area contributed by atoms with Gasteiger partial charge in [-0.2, -0.15) is 0 Å². The summed E-state index contributed by atoms with van der Waals surface area (Å²) in [6.45, 7) is 2.83. The number of nitrogens with one attached hydrogen (secondary N) is 1. The van der Waals surface area contributed by atoms with E-state index < -0.39 is 5.97 Å². The molecule has 0 radical (unpaired) electrons. The lowest BCUT2D eigenvalue weighted by Gasteiger charge is -2.06. The fourth-order valence-corrected chi connectivity index (χ4v) is 1.28. The molecule has 0 bridgehead atoms. The van der Waals surface area contributed by atoms with E-state index >= 15 is 0 Å². The van der Waals surface area contributed by atoms with E-state index in [9.17, 15) is 4.79 Å². The molecule has 15 heavy (non-hydrogen) atoms. The Morgan fingerprint density at radius 1 is 1.60 bits per heavy atom. The minimum Gasteiger partial charge on any atom is -0.465 e. The van der Waals surface area contributed by atoms with Crippen LogP contribution in [0.1, 0.15) is 23.7 Å². The number of pyridine rings is 1. The zero-order valence-electron chi connectivity index (χ0n) is 8.71. The smallest absolute Gasteiger partial charge is 0.338 e. The first-order valence-corrected chi connectivity index (χ1v) is 5.05. The molecule has 0 amide bonds. The van der Waals surface area contributed by atoms with Crippen molar-refractivity contribution in [1.29, 1.82) is 0 Å². The molecule has 1 aromatic rings. The van der Waals surface area contributed by atoms with Gasteiger partial charge in [-0.15, -0.1) is 0 Å². The third-order valence-corrected chi connectivity index (χ3v) is 1.96. The maximum Gasteiger partial charge on any atom is 0.338 e. The second-order valence-electron chi connectivity index (χ2n) is 2.98. The lowest BCUT2D eigenvalue weighted by atomic mass is 10.2. The number of carbonyl (C=O) groups is 1. The minimum absolute atomic E-state index is 0.275. The molecule has 5 heteroatoms. The Morgan fingerprint density at radius 3 is 2.93 bits per heavy atom. The summed E-state index contributed by atoms with van der Waals surface area (Å²) < 4.78 is 4.60. The number of nitrogens with zero attached hydrogens (tertiary/aromatic N) is 1. The Balaban J connectivity index is 2.89. The van der Waals surface area contributed by atoms with E-state index in [0.29, 0.717) is 11.4 Å². The van der Waals surface area contributed by atoms with Crippen molar-refractivity contribution < 1.29 is 9.53 Å². The van der Waals surface area contributed by atoms with Gasteiger partial charge in [-0.05, 0) is 18.6 Å². The summed E-state index contributed by atoms with van der Waals surface area (Å²) in [4.78, 5) is 15.3. The van der Waals surface area contributed by atoms with Crippen molar-refractivity contribution in [1.82, 2.24) is 4.98 Å². The van der Waals surface area contributed by atoms with Crippen LogP contribution in [-0.4, -0.2) is 24.6 Å².